The van der Waals surface area contributed by atoms with E-state index in [1.807, 2.05) is 41.5 Å². The Kier molecular flexibility index (Phi) is 7.71. The van der Waals surface area contributed by atoms with Gasteiger partial charge in [0.15, 0.2) is 0 Å². The second-order valence-electron chi connectivity index (χ2n) is 11.7. The van der Waals surface area contributed by atoms with Crippen LogP contribution in [0, 0.1) is 5.92 Å². The van der Waals surface area contributed by atoms with Crippen LogP contribution in [-0.4, -0.2) is 76.0 Å². The number of nitrogens with zero attached hydrogens (tertiary/aromatic N) is 3. The van der Waals surface area contributed by atoms with Gasteiger partial charge < -0.3 is 29.6 Å². The van der Waals surface area contributed by atoms with E-state index in [2.05, 4.69) is 20.6 Å². The number of alkyl carbamates (subject to hydrolysis) is 1. The van der Waals surface area contributed by atoms with Crippen LogP contribution < -0.4 is 16.1 Å². The molecular formula is C24H40BN5O5. The number of carbonyl (C=O) groups is 2. The number of nitrogens with one attached hydrogen (secondary N) is 2. The van der Waals surface area contributed by atoms with Gasteiger partial charge in [0.25, 0.3) is 0 Å². The molecule has 11 heteroatoms. The van der Waals surface area contributed by atoms with E-state index in [0.29, 0.717) is 19.0 Å². The first-order valence-electron chi connectivity index (χ1n) is 12.3. The molecule has 2 aliphatic heterocycles. The molecule has 0 radical (unpaired) electrons. The van der Waals surface area contributed by atoms with E-state index >= 15 is 0 Å². The van der Waals surface area contributed by atoms with Gasteiger partial charge in [-0.1, -0.05) is 13.8 Å². The van der Waals surface area contributed by atoms with Crippen LogP contribution in [0.3, 0.4) is 0 Å². The van der Waals surface area contributed by atoms with E-state index in [1.165, 1.54) is 0 Å². The van der Waals surface area contributed by atoms with Crippen LogP contribution in [0.4, 0.5) is 10.7 Å². The monoisotopic (exact) mass is 489 g/mol. The van der Waals surface area contributed by atoms with E-state index in [0.717, 1.165) is 11.9 Å². The molecule has 10 nitrogen and oxygen atoms in total. The fraction of sp³-hybridized carbons (Fsp3) is 0.750. The molecule has 0 saturated carbocycles. The Morgan fingerprint density at radius 3 is 2.23 bits per heavy atom. The van der Waals surface area contributed by atoms with Crippen LogP contribution in [-0.2, 0) is 18.8 Å². The Labute approximate surface area is 209 Å². The van der Waals surface area contributed by atoms with E-state index in [1.54, 1.807) is 38.1 Å². The molecule has 2 N–H and O–H groups in total. The Hall–Kier alpha value is -2.40. The highest BCUT2D eigenvalue weighted by molar-refractivity contribution is 6.61. The number of anilines is 1. The van der Waals surface area contributed by atoms with Crippen molar-refractivity contribution < 1.29 is 23.6 Å². The van der Waals surface area contributed by atoms with Crippen molar-refractivity contribution in [1.29, 1.82) is 0 Å². The van der Waals surface area contributed by atoms with Gasteiger partial charge in [-0.05, 0) is 60.8 Å². The molecule has 0 aromatic carbocycles. The third-order valence-electron chi connectivity index (χ3n) is 6.64. The molecule has 194 valence electrons. The van der Waals surface area contributed by atoms with Crippen molar-refractivity contribution in [3.63, 3.8) is 0 Å². The first kappa shape index (κ1) is 27.2. The SMILES string of the molecule is CC(C)[C@@H](NC(=O)OC(C)(C)C)C(=O)N1CC[C@H](Nc2ncc(B3OC(C)(C)C(C)(C)O3)cn2)C1. The highest BCUT2D eigenvalue weighted by Crippen LogP contribution is 2.36. The van der Waals surface area contributed by atoms with Gasteiger partial charge in [-0.15, -0.1) is 0 Å². The van der Waals surface area contributed by atoms with Crippen molar-refractivity contribution in [2.24, 2.45) is 5.92 Å². The van der Waals surface area contributed by atoms with Gasteiger partial charge in [0.2, 0.25) is 11.9 Å². The summed E-state index contributed by atoms with van der Waals surface area (Å²) in [6, 6.07) is -0.643. The van der Waals surface area contributed by atoms with Crippen molar-refractivity contribution in [2.45, 2.75) is 97.6 Å². The first-order valence-corrected chi connectivity index (χ1v) is 12.3. The molecule has 0 bridgehead atoms. The normalized spacial score (nSPS) is 22.3. The lowest BCUT2D eigenvalue weighted by Crippen LogP contribution is -2.52. The molecular weight excluding hydrogens is 449 g/mol. The van der Waals surface area contributed by atoms with Crippen molar-refractivity contribution in [2.75, 3.05) is 18.4 Å². The highest BCUT2D eigenvalue weighted by atomic mass is 16.7. The van der Waals surface area contributed by atoms with Gasteiger partial charge in [-0.3, -0.25) is 4.79 Å². The lowest BCUT2D eigenvalue weighted by Gasteiger charge is -2.32. The summed E-state index contributed by atoms with van der Waals surface area (Å²) in [5, 5.41) is 6.04. The van der Waals surface area contributed by atoms with Gasteiger partial charge in [0.1, 0.15) is 11.6 Å². The molecule has 3 heterocycles. The summed E-state index contributed by atoms with van der Waals surface area (Å²) >= 11 is 0. The fourth-order valence-electron chi connectivity index (χ4n) is 3.92. The second kappa shape index (κ2) is 9.93. The van der Waals surface area contributed by atoms with Crippen molar-refractivity contribution in [3.8, 4) is 0 Å². The predicted molar refractivity (Wildman–Crippen MR) is 134 cm³/mol. The Balaban J connectivity index is 1.55. The molecule has 0 unspecified atom stereocenters. The second-order valence-corrected chi connectivity index (χ2v) is 11.7. The van der Waals surface area contributed by atoms with Crippen LogP contribution in [0.5, 0.6) is 0 Å². The molecule has 2 saturated heterocycles. The highest BCUT2D eigenvalue weighted by Gasteiger charge is 2.52. The van der Waals surface area contributed by atoms with Crippen LogP contribution in [0.1, 0.15) is 68.7 Å². The number of rotatable bonds is 6. The standard InChI is InChI=1S/C24H40BN5O5/c1-15(2)18(29-21(32)33-22(3,4)5)19(31)30-11-10-17(14-30)28-20-26-12-16(13-27-20)25-34-23(6,7)24(8,9)35-25/h12-13,15,17-18H,10-11,14H2,1-9H3,(H,29,32)(H,26,27,28)/t17-,18+/m0/s1. The average molecular weight is 489 g/mol. The van der Waals surface area contributed by atoms with Gasteiger partial charge in [0.05, 0.1) is 11.2 Å². The Bertz CT molecular complexity index is 900. The lowest BCUT2D eigenvalue weighted by molar-refractivity contribution is -0.133. The van der Waals surface area contributed by atoms with E-state index in [-0.39, 0.29) is 17.9 Å². The number of ether oxygens (including phenoxy) is 1. The molecule has 0 aliphatic carbocycles. The maximum atomic E-state index is 13.2. The van der Waals surface area contributed by atoms with Gasteiger partial charge in [0, 0.05) is 37.0 Å². The Morgan fingerprint density at radius 2 is 1.71 bits per heavy atom. The molecule has 35 heavy (non-hydrogen) atoms. The third-order valence-corrected chi connectivity index (χ3v) is 6.64. The zero-order valence-corrected chi connectivity index (χ0v) is 22.5. The molecule has 2 atom stereocenters. The lowest BCUT2D eigenvalue weighted by atomic mass is 9.81. The van der Waals surface area contributed by atoms with Crippen LogP contribution in [0.25, 0.3) is 0 Å². The number of amides is 2. The molecule has 2 aliphatic rings. The quantitative estimate of drug-likeness (QED) is 0.586. The summed E-state index contributed by atoms with van der Waals surface area (Å²) < 4.78 is 17.4. The minimum absolute atomic E-state index is 0.0102. The summed E-state index contributed by atoms with van der Waals surface area (Å²) in [6.45, 7) is 18.3. The number of aromatic nitrogens is 2. The van der Waals surface area contributed by atoms with Crippen molar-refractivity contribution in [3.05, 3.63) is 12.4 Å². The molecule has 0 spiro atoms. The van der Waals surface area contributed by atoms with Crippen LogP contribution in [0.2, 0.25) is 0 Å². The Morgan fingerprint density at radius 1 is 1.14 bits per heavy atom. The average Bonchev–Trinajstić information content (AvgIpc) is 3.26. The predicted octanol–water partition coefficient (Wildman–Crippen LogP) is 2.34. The van der Waals surface area contributed by atoms with Crippen LogP contribution >= 0.6 is 0 Å². The molecule has 1 aromatic rings. The maximum Gasteiger partial charge on any atom is 0.498 e. The first-order chi connectivity index (χ1) is 16.1. The minimum Gasteiger partial charge on any atom is -0.444 e. The van der Waals surface area contributed by atoms with E-state index in [4.69, 9.17) is 14.0 Å². The van der Waals surface area contributed by atoms with Gasteiger partial charge >= 0.3 is 13.2 Å². The molecule has 2 amide bonds. The van der Waals surface area contributed by atoms with Gasteiger partial charge in [-0.2, -0.15) is 0 Å². The molecule has 1 aromatic heterocycles. The number of likely N-dealkylation sites (tertiary alicyclic amines) is 1. The number of hydrogen-bond donors (Lipinski definition) is 2. The molecule has 2 fully saturated rings. The zero-order valence-electron chi connectivity index (χ0n) is 22.5. The zero-order chi connectivity index (χ0) is 26.2. The topological polar surface area (TPSA) is 115 Å². The summed E-state index contributed by atoms with van der Waals surface area (Å²) in [4.78, 5) is 36.0. The maximum absolute atomic E-state index is 13.2. The molecule has 3 rings (SSSR count). The van der Waals surface area contributed by atoms with Crippen molar-refractivity contribution in [1.82, 2.24) is 20.2 Å². The van der Waals surface area contributed by atoms with Crippen molar-refractivity contribution >= 4 is 30.5 Å². The summed E-state index contributed by atoms with van der Waals surface area (Å²) in [6.07, 6.45) is 3.57. The van der Waals surface area contributed by atoms with Gasteiger partial charge in [-0.25, -0.2) is 14.8 Å². The smallest absolute Gasteiger partial charge is 0.444 e. The number of hydrogen-bond acceptors (Lipinski definition) is 8. The largest absolute Gasteiger partial charge is 0.498 e. The third kappa shape index (κ3) is 6.64. The van der Waals surface area contributed by atoms with E-state index < -0.39 is 36.1 Å². The summed E-state index contributed by atoms with van der Waals surface area (Å²) in [7, 11) is -0.515. The summed E-state index contributed by atoms with van der Waals surface area (Å²) in [5.41, 5.74) is -0.735. The minimum atomic E-state index is -0.654. The number of carbonyl (C=O) groups excluding carboxylic acids is 2. The van der Waals surface area contributed by atoms with E-state index in [9.17, 15) is 9.59 Å². The van der Waals surface area contributed by atoms with Crippen LogP contribution in [0.15, 0.2) is 12.4 Å². The summed E-state index contributed by atoms with van der Waals surface area (Å²) in [5.74, 6) is 0.289. The fourth-order valence-corrected chi connectivity index (χ4v) is 3.92.